The fraction of sp³-hybridized carbons (Fsp3) is 0.400. The molecule has 0 radical (unpaired) electrons. The van der Waals surface area contributed by atoms with Gasteiger partial charge in [0.05, 0.1) is 7.11 Å². The van der Waals surface area contributed by atoms with Crippen LogP contribution < -0.4 is 4.74 Å². The van der Waals surface area contributed by atoms with Crippen molar-refractivity contribution in [1.82, 2.24) is 0 Å². The van der Waals surface area contributed by atoms with Crippen LogP contribution in [0.1, 0.15) is 22.4 Å². The summed E-state index contributed by atoms with van der Waals surface area (Å²) in [6.07, 6.45) is 2.29. The van der Waals surface area contributed by atoms with Crippen molar-refractivity contribution < 1.29 is 4.74 Å². The molecule has 1 atom stereocenters. The first-order valence-electron chi connectivity index (χ1n) is 4.23. The fourth-order valence-corrected chi connectivity index (χ4v) is 3.08. The van der Waals surface area contributed by atoms with E-state index in [0.29, 0.717) is 4.83 Å². The summed E-state index contributed by atoms with van der Waals surface area (Å²) in [6, 6.07) is 4.07. The Morgan fingerprint density at radius 2 is 2.23 bits per heavy atom. The lowest BCUT2D eigenvalue weighted by Crippen LogP contribution is -1.92. The van der Waals surface area contributed by atoms with E-state index in [1.54, 1.807) is 7.11 Å². The quantitative estimate of drug-likeness (QED) is 0.716. The number of methoxy groups -OCH3 is 1. The molecule has 1 aromatic rings. The molecule has 0 saturated heterocycles. The Kier molecular flexibility index (Phi) is 2.65. The minimum Gasteiger partial charge on any atom is -0.496 e. The monoisotopic (exact) mass is 304 g/mol. The highest BCUT2D eigenvalue weighted by Crippen LogP contribution is 2.45. The molecule has 0 spiro atoms. The summed E-state index contributed by atoms with van der Waals surface area (Å²) in [7, 11) is 1.72. The maximum Gasteiger partial charge on any atom is 0.123 e. The zero-order valence-electron chi connectivity index (χ0n) is 7.31. The third-order valence-electron chi connectivity index (χ3n) is 2.44. The normalized spacial score (nSPS) is 20.1. The Morgan fingerprint density at radius 3 is 2.92 bits per heavy atom. The second-order valence-electron chi connectivity index (χ2n) is 3.15. The maximum atomic E-state index is 5.33. The first-order chi connectivity index (χ1) is 6.24. The van der Waals surface area contributed by atoms with Crippen LogP contribution in [-0.4, -0.2) is 7.11 Å². The molecule has 1 aliphatic carbocycles. The Hall–Kier alpha value is -0.0200. The van der Waals surface area contributed by atoms with E-state index in [1.165, 1.54) is 15.6 Å². The van der Waals surface area contributed by atoms with Gasteiger partial charge in [0, 0.05) is 14.9 Å². The molecule has 0 amide bonds. The smallest absolute Gasteiger partial charge is 0.123 e. The van der Waals surface area contributed by atoms with Crippen LogP contribution in [0.2, 0.25) is 0 Å². The number of rotatable bonds is 1. The zero-order chi connectivity index (χ0) is 9.42. The summed E-state index contributed by atoms with van der Waals surface area (Å²) in [4.78, 5) is 0.454. The Morgan fingerprint density at radius 1 is 1.46 bits per heavy atom. The lowest BCUT2D eigenvalue weighted by molar-refractivity contribution is 0.410. The minimum atomic E-state index is 0.454. The van der Waals surface area contributed by atoms with Crippen LogP contribution in [0.25, 0.3) is 0 Å². The predicted octanol–water partition coefficient (Wildman–Crippen LogP) is 3.84. The number of halogens is 2. The minimum absolute atomic E-state index is 0.454. The molecule has 0 aliphatic heterocycles. The first-order valence-corrected chi connectivity index (χ1v) is 5.94. The fourth-order valence-electron chi connectivity index (χ4n) is 1.81. The molecule has 0 saturated carbocycles. The van der Waals surface area contributed by atoms with Crippen LogP contribution in [-0.2, 0) is 6.42 Å². The van der Waals surface area contributed by atoms with E-state index >= 15 is 0 Å². The lowest BCUT2D eigenvalue weighted by Gasteiger charge is -2.10. The zero-order valence-corrected chi connectivity index (χ0v) is 10.5. The van der Waals surface area contributed by atoms with Crippen molar-refractivity contribution >= 4 is 31.9 Å². The molecule has 0 fully saturated rings. The topological polar surface area (TPSA) is 9.23 Å². The second kappa shape index (κ2) is 3.62. The summed E-state index contributed by atoms with van der Waals surface area (Å²) in [6.45, 7) is 0. The van der Waals surface area contributed by atoms with Gasteiger partial charge >= 0.3 is 0 Å². The summed E-state index contributed by atoms with van der Waals surface area (Å²) >= 11 is 7.22. The second-order valence-corrected chi connectivity index (χ2v) is 5.11. The maximum absolute atomic E-state index is 5.33. The SMILES string of the molecule is COc1ccc(Br)c2c1C(Br)CC2. The van der Waals surface area contributed by atoms with Gasteiger partial charge < -0.3 is 4.74 Å². The van der Waals surface area contributed by atoms with E-state index in [1.807, 2.05) is 6.07 Å². The van der Waals surface area contributed by atoms with Crippen LogP contribution in [0, 0.1) is 0 Å². The molecular weight excluding hydrogens is 296 g/mol. The van der Waals surface area contributed by atoms with Crippen molar-refractivity contribution in [2.24, 2.45) is 0 Å². The molecule has 0 N–H and O–H groups in total. The van der Waals surface area contributed by atoms with Crippen LogP contribution in [0.4, 0.5) is 0 Å². The van der Waals surface area contributed by atoms with Crippen molar-refractivity contribution in [2.75, 3.05) is 7.11 Å². The summed E-state index contributed by atoms with van der Waals surface area (Å²) in [5, 5.41) is 0. The van der Waals surface area contributed by atoms with Crippen molar-refractivity contribution in [3.05, 3.63) is 27.7 Å². The predicted molar refractivity (Wildman–Crippen MR) is 60.7 cm³/mol. The Balaban J connectivity index is 2.60. The van der Waals surface area contributed by atoms with Gasteiger partial charge in [0.25, 0.3) is 0 Å². The van der Waals surface area contributed by atoms with Gasteiger partial charge in [-0.1, -0.05) is 31.9 Å². The van der Waals surface area contributed by atoms with E-state index in [0.717, 1.165) is 18.6 Å². The molecule has 0 aromatic heterocycles. The van der Waals surface area contributed by atoms with Gasteiger partial charge in [-0.2, -0.15) is 0 Å². The standard InChI is InChI=1S/C10H10Br2O/c1-13-9-5-4-7(11)6-2-3-8(12)10(6)9/h4-5,8H,2-3H2,1H3. The molecule has 2 rings (SSSR count). The third kappa shape index (κ3) is 1.52. The largest absolute Gasteiger partial charge is 0.496 e. The summed E-state index contributed by atoms with van der Waals surface area (Å²) < 4.78 is 6.53. The first kappa shape index (κ1) is 9.53. The Bertz CT molecular complexity index is 336. The molecule has 3 heteroatoms. The van der Waals surface area contributed by atoms with E-state index < -0.39 is 0 Å². The van der Waals surface area contributed by atoms with Crippen LogP contribution in [0.5, 0.6) is 5.75 Å². The van der Waals surface area contributed by atoms with Crippen LogP contribution in [0.3, 0.4) is 0 Å². The van der Waals surface area contributed by atoms with Crippen LogP contribution in [0.15, 0.2) is 16.6 Å². The highest BCUT2D eigenvalue weighted by atomic mass is 79.9. The molecular formula is C10H10Br2O. The van der Waals surface area contributed by atoms with Crippen molar-refractivity contribution in [3.8, 4) is 5.75 Å². The number of fused-ring (bicyclic) bond motifs is 1. The molecule has 13 heavy (non-hydrogen) atoms. The van der Waals surface area contributed by atoms with E-state index in [-0.39, 0.29) is 0 Å². The number of alkyl halides is 1. The van der Waals surface area contributed by atoms with E-state index in [2.05, 4.69) is 37.9 Å². The van der Waals surface area contributed by atoms with Gasteiger partial charge in [0.2, 0.25) is 0 Å². The highest BCUT2D eigenvalue weighted by Gasteiger charge is 2.25. The molecule has 70 valence electrons. The molecule has 1 aromatic carbocycles. The van der Waals surface area contributed by atoms with Gasteiger partial charge in [-0.25, -0.2) is 0 Å². The summed E-state index contributed by atoms with van der Waals surface area (Å²) in [5.41, 5.74) is 2.71. The van der Waals surface area contributed by atoms with E-state index in [9.17, 15) is 0 Å². The van der Waals surface area contributed by atoms with Gasteiger partial charge in [-0.15, -0.1) is 0 Å². The average Bonchev–Trinajstić information content (AvgIpc) is 2.51. The van der Waals surface area contributed by atoms with Crippen molar-refractivity contribution in [3.63, 3.8) is 0 Å². The Labute approximate surface area is 94.7 Å². The third-order valence-corrected chi connectivity index (χ3v) is 4.10. The molecule has 0 heterocycles. The number of hydrogen-bond acceptors (Lipinski definition) is 1. The molecule has 0 bridgehead atoms. The van der Waals surface area contributed by atoms with Crippen molar-refractivity contribution in [2.45, 2.75) is 17.7 Å². The average molecular weight is 306 g/mol. The number of hydrogen-bond donors (Lipinski definition) is 0. The molecule has 1 aliphatic rings. The molecule has 1 unspecified atom stereocenters. The van der Waals surface area contributed by atoms with Gasteiger partial charge in [-0.05, 0) is 30.5 Å². The number of ether oxygens (including phenoxy) is 1. The van der Waals surface area contributed by atoms with Crippen LogP contribution >= 0.6 is 31.9 Å². The lowest BCUT2D eigenvalue weighted by atomic mass is 10.1. The van der Waals surface area contributed by atoms with Gasteiger partial charge in [0.1, 0.15) is 5.75 Å². The highest BCUT2D eigenvalue weighted by molar-refractivity contribution is 9.10. The van der Waals surface area contributed by atoms with Gasteiger partial charge in [0.15, 0.2) is 0 Å². The molecule has 1 nitrogen and oxygen atoms in total. The van der Waals surface area contributed by atoms with E-state index in [4.69, 9.17) is 4.74 Å². The number of benzene rings is 1. The van der Waals surface area contributed by atoms with Gasteiger partial charge in [-0.3, -0.25) is 0 Å². The van der Waals surface area contributed by atoms with Crippen molar-refractivity contribution in [1.29, 1.82) is 0 Å². The summed E-state index contributed by atoms with van der Waals surface area (Å²) in [5.74, 6) is 0.998.